The zero-order valence-electron chi connectivity index (χ0n) is 11.0. The van der Waals surface area contributed by atoms with Crippen molar-refractivity contribution >= 4 is 15.8 Å². The van der Waals surface area contributed by atoms with Gasteiger partial charge in [0.1, 0.15) is 5.75 Å². The van der Waals surface area contributed by atoms with Crippen LogP contribution in [0, 0.1) is 0 Å². The first-order chi connectivity index (χ1) is 8.77. The highest BCUT2D eigenvalue weighted by Gasteiger charge is 2.44. The van der Waals surface area contributed by atoms with Crippen molar-refractivity contribution in [3.05, 3.63) is 37.1 Å². The molecule has 0 heterocycles. The van der Waals surface area contributed by atoms with Gasteiger partial charge < -0.3 is 9.47 Å². The highest BCUT2D eigenvalue weighted by molar-refractivity contribution is 7.93. The average Bonchev–Trinajstić information content (AvgIpc) is 2.38. The van der Waals surface area contributed by atoms with Crippen molar-refractivity contribution in [3.63, 3.8) is 0 Å². The van der Waals surface area contributed by atoms with Gasteiger partial charge in [-0.1, -0.05) is 6.58 Å². The van der Waals surface area contributed by atoms with Crippen molar-refractivity contribution in [2.24, 2.45) is 0 Å². The Balaban J connectivity index is 3.21. The van der Waals surface area contributed by atoms with Crippen LogP contribution in [0.3, 0.4) is 0 Å². The van der Waals surface area contributed by atoms with E-state index < -0.39 is 20.6 Å². The van der Waals surface area contributed by atoms with Crippen molar-refractivity contribution in [2.75, 3.05) is 7.11 Å². The van der Waals surface area contributed by atoms with E-state index in [1.165, 1.54) is 45.2 Å². The lowest BCUT2D eigenvalue weighted by Crippen LogP contribution is -2.41. The van der Waals surface area contributed by atoms with Gasteiger partial charge in [-0.15, -0.1) is 0 Å². The molecule has 0 aliphatic rings. The summed E-state index contributed by atoms with van der Waals surface area (Å²) >= 11 is 0. The molecule has 0 N–H and O–H groups in total. The minimum atomic E-state index is -3.86. The Morgan fingerprint density at radius 2 is 1.79 bits per heavy atom. The molecule has 0 aliphatic heterocycles. The van der Waals surface area contributed by atoms with E-state index in [1.54, 1.807) is 0 Å². The maximum absolute atomic E-state index is 12.4. The first-order valence-corrected chi connectivity index (χ1v) is 6.96. The molecule has 0 fully saturated rings. The Bertz CT molecular complexity index is 570. The molecule has 19 heavy (non-hydrogen) atoms. The van der Waals surface area contributed by atoms with Gasteiger partial charge in [-0.2, -0.15) is 0 Å². The molecule has 0 amide bonds. The van der Waals surface area contributed by atoms with Crippen molar-refractivity contribution in [1.82, 2.24) is 0 Å². The molecule has 0 radical (unpaired) electrons. The molecule has 6 heteroatoms. The number of ether oxygens (including phenoxy) is 2. The molecule has 0 saturated heterocycles. The fourth-order valence-electron chi connectivity index (χ4n) is 1.38. The highest BCUT2D eigenvalue weighted by atomic mass is 32.2. The fourth-order valence-corrected chi connectivity index (χ4v) is 2.73. The molecule has 104 valence electrons. The van der Waals surface area contributed by atoms with Crippen LogP contribution in [0.1, 0.15) is 13.8 Å². The molecule has 1 rings (SSSR count). The zero-order valence-corrected chi connectivity index (χ0v) is 11.9. The van der Waals surface area contributed by atoms with Crippen LogP contribution >= 0.6 is 0 Å². The van der Waals surface area contributed by atoms with Gasteiger partial charge in [0, 0.05) is 0 Å². The number of carbonyl (C=O) groups is 1. The number of hydrogen-bond donors (Lipinski definition) is 0. The Morgan fingerprint density at radius 1 is 1.26 bits per heavy atom. The molecular formula is C13H16O5S. The molecule has 0 spiro atoms. The van der Waals surface area contributed by atoms with Crippen LogP contribution in [0.2, 0.25) is 0 Å². The summed E-state index contributed by atoms with van der Waals surface area (Å²) in [5.41, 5.74) is 0. The molecule has 1 aromatic rings. The maximum atomic E-state index is 12.4. The van der Waals surface area contributed by atoms with E-state index >= 15 is 0 Å². The minimum Gasteiger partial charge on any atom is -0.497 e. The van der Waals surface area contributed by atoms with E-state index in [1.807, 2.05) is 0 Å². The van der Waals surface area contributed by atoms with Gasteiger partial charge in [0.25, 0.3) is 0 Å². The number of esters is 1. The fraction of sp³-hybridized carbons (Fsp3) is 0.308. The standard InChI is InChI=1S/C13H16O5S/c1-5-18-12(14)13(2,3)19(15,16)11-8-6-10(17-4)7-9-11/h5-9H,1H2,2-4H3. The first kappa shape index (κ1) is 15.2. The van der Waals surface area contributed by atoms with Crippen molar-refractivity contribution in [1.29, 1.82) is 0 Å². The maximum Gasteiger partial charge on any atom is 0.332 e. The van der Waals surface area contributed by atoms with Crippen molar-refractivity contribution < 1.29 is 22.7 Å². The van der Waals surface area contributed by atoms with Gasteiger partial charge >= 0.3 is 5.97 Å². The van der Waals surface area contributed by atoms with Crippen molar-refractivity contribution in [3.8, 4) is 5.75 Å². The van der Waals surface area contributed by atoms with E-state index in [-0.39, 0.29) is 4.90 Å². The van der Waals surface area contributed by atoms with Gasteiger partial charge in [0.15, 0.2) is 14.6 Å². The number of carbonyl (C=O) groups excluding carboxylic acids is 1. The first-order valence-electron chi connectivity index (χ1n) is 5.48. The molecule has 1 aromatic carbocycles. The summed E-state index contributed by atoms with van der Waals surface area (Å²) in [5, 5.41) is 0. The summed E-state index contributed by atoms with van der Waals surface area (Å²) in [5.74, 6) is -0.344. The average molecular weight is 284 g/mol. The molecule has 0 saturated carbocycles. The molecule has 0 aromatic heterocycles. The third-order valence-electron chi connectivity index (χ3n) is 2.72. The van der Waals surface area contributed by atoms with Crippen LogP contribution in [0.4, 0.5) is 0 Å². The minimum absolute atomic E-state index is 0.0271. The number of benzene rings is 1. The molecule has 5 nitrogen and oxygen atoms in total. The normalized spacial score (nSPS) is 11.7. The zero-order chi connectivity index (χ0) is 14.7. The predicted molar refractivity (Wildman–Crippen MR) is 70.5 cm³/mol. The lowest BCUT2D eigenvalue weighted by atomic mass is 10.2. The summed E-state index contributed by atoms with van der Waals surface area (Å²) in [7, 11) is -2.38. The van der Waals surface area contributed by atoms with Crippen LogP contribution in [0.25, 0.3) is 0 Å². The van der Waals surface area contributed by atoms with Gasteiger partial charge in [0.2, 0.25) is 0 Å². The van der Waals surface area contributed by atoms with E-state index in [4.69, 9.17) is 4.74 Å². The van der Waals surface area contributed by atoms with Gasteiger partial charge in [-0.25, -0.2) is 13.2 Å². The van der Waals surface area contributed by atoms with E-state index in [2.05, 4.69) is 11.3 Å². The smallest absolute Gasteiger partial charge is 0.332 e. The number of methoxy groups -OCH3 is 1. The Kier molecular flexibility index (Phi) is 4.36. The summed E-state index contributed by atoms with van der Waals surface area (Å²) in [6.07, 6.45) is 0.910. The molecule has 0 bridgehead atoms. The van der Waals surface area contributed by atoms with Crippen LogP contribution in [0.15, 0.2) is 42.0 Å². The second kappa shape index (κ2) is 5.44. The predicted octanol–water partition coefficient (Wildman–Crippen LogP) is 1.93. The second-order valence-electron chi connectivity index (χ2n) is 4.26. The quantitative estimate of drug-likeness (QED) is 0.610. The topological polar surface area (TPSA) is 69.7 Å². The van der Waals surface area contributed by atoms with E-state index in [9.17, 15) is 13.2 Å². The van der Waals surface area contributed by atoms with Crippen LogP contribution in [-0.4, -0.2) is 26.2 Å². The third kappa shape index (κ3) is 2.78. The van der Waals surface area contributed by atoms with Crippen molar-refractivity contribution in [2.45, 2.75) is 23.5 Å². The number of rotatable bonds is 5. The van der Waals surface area contributed by atoms with Gasteiger partial charge in [-0.05, 0) is 38.1 Å². The van der Waals surface area contributed by atoms with E-state index in [0.29, 0.717) is 5.75 Å². The van der Waals surface area contributed by atoms with Crippen LogP contribution < -0.4 is 4.74 Å². The molecule has 0 unspecified atom stereocenters. The van der Waals surface area contributed by atoms with E-state index in [0.717, 1.165) is 6.26 Å². The molecule has 0 aliphatic carbocycles. The van der Waals surface area contributed by atoms with Crippen LogP contribution in [-0.2, 0) is 19.4 Å². The Morgan fingerprint density at radius 3 is 2.21 bits per heavy atom. The second-order valence-corrected chi connectivity index (χ2v) is 6.76. The lowest BCUT2D eigenvalue weighted by Gasteiger charge is -2.21. The Labute approximate surface area is 112 Å². The lowest BCUT2D eigenvalue weighted by molar-refractivity contribution is -0.140. The van der Waals surface area contributed by atoms with Gasteiger partial charge in [0.05, 0.1) is 18.3 Å². The Hall–Kier alpha value is -1.82. The SMILES string of the molecule is C=COC(=O)C(C)(C)S(=O)(=O)c1ccc(OC)cc1. The largest absolute Gasteiger partial charge is 0.497 e. The third-order valence-corrected chi connectivity index (χ3v) is 5.13. The van der Waals surface area contributed by atoms with Crippen LogP contribution in [0.5, 0.6) is 5.75 Å². The van der Waals surface area contributed by atoms with Gasteiger partial charge in [-0.3, -0.25) is 0 Å². The summed E-state index contributed by atoms with van der Waals surface area (Å²) in [6.45, 7) is 5.82. The number of hydrogen-bond acceptors (Lipinski definition) is 5. The summed E-state index contributed by atoms with van der Waals surface area (Å²) < 4.78 is 32.6. The molecular weight excluding hydrogens is 268 g/mol. The molecule has 0 atom stereocenters. The summed E-state index contributed by atoms with van der Waals surface area (Å²) in [6, 6.07) is 5.80. The highest BCUT2D eigenvalue weighted by Crippen LogP contribution is 2.28. The number of sulfone groups is 1. The monoisotopic (exact) mass is 284 g/mol. The summed E-state index contributed by atoms with van der Waals surface area (Å²) in [4.78, 5) is 11.7.